The average molecular weight is 251 g/mol. The molecule has 17 heavy (non-hydrogen) atoms. The first-order valence-electron chi connectivity index (χ1n) is 5.56. The number of thiazole rings is 1. The van der Waals surface area contributed by atoms with Gasteiger partial charge in [0.25, 0.3) is 5.91 Å². The van der Waals surface area contributed by atoms with Crippen LogP contribution in [0.4, 0.5) is 0 Å². The van der Waals surface area contributed by atoms with E-state index in [1.165, 1.54) is 4.88 Å². The van der Waals surface area contributed by atoms with Gasteiger partial charge in [0.05, 0.1) is 13.2 Å². The molecule has 0 bridgehead atoms. The summed E-state index contributed by atoms with van der Waals surface area (Å²) in [6.07, 6.45) is 3.79. The van der Waals surface area contributed by atoms with Crippen LogP contribution < -0.4 is 0 Å². The summed E-state index contributed by atoms with van der Waals surface area (Å²) in [6.45, 7) is 4.58. The Hall–Kier alpha value is -1.40. The standard InChI is InChI=1S/C11H13N3O2S/c1-8-6-14-7-9(12-11(14)17-8)10(15)13-2-4-16-5-3-13/h6-7H,2-5H2,1H3. The molecule has 0 atom stereocenters. The van der Waals surface area contributed by atoms with Crippen molar-refractivity contribution in [2.24, 2.45) is 0 Å². The Labute approximate surface area is 103 Å². The van der Waals surface area contributed by atoms with Crippen LogP contribution in [0.15, 0.2) is 12.4 Å². The summed E-state index contributed by atoms with van der Waals surface area (Å²) in [5.74, 6) is 0.00172. The van der Waals surface area contributed by atoms with Crippen molar-refractivity contribution in [2.45, 2.75) is 6.92 Å². The molecule has 5 nitrogen and oxygen atoms in total. The molecular formula is C11H13N3O2S. The zero-order valence-corrected chi connectivity index (χ0v) is 10.4. The van der Waals surface area contributed by atoms with Crippen LogP contribution in [0.2, 0.25) is 0 Å². The van der Waals surface area contributed by atoms with E-state index in [9.17, 15) is 4.79 Å². The number of nitrogens with zero attached hydrogens (tertiary/aromatic N) is 3. The maximum atomic E-state index is 12.2. The third-order valence-electron chi connectivity index (χ3n) is 2.79. The van der Waals surface area contributed by atoms with E-state index >= 15 is 0 Å². The number of aryl methyl sites for hydroxylation is 1. The highest BCUT2D eigenvalue weighted by molar-refractivity contribution is 7.17. The Bertz CT molecular complexity index is 523. The molecule has 0 spiro atoms. The molecule has 0 unspecified atom stereocenters. The second-order valence-electron chi connectivity index (χ2n) is 4.06. The van der Waals surface area contributed by atoms with Gasteiger partial charge in [-0.05, 0) is 6.92 Å². The molecule has 2 aromatic heterocycles. The van der Waals surface area contributed by atoms with Gasteiger partial charge < -0.3 is 9.64 Å². The SMILES string of the molecule is Cc1cn2cc(C(=O)N3CCOCC3)nc2s1. The Morgan fingerprint density at radius 3 is 2.88 bits per heavy atom. The summed E-state index contributed by atoms with van der Waals surface area (Å²) in [4.78, 5) is 20.4. The van der Waals surface area contributed by atoms with Gasteiger partial charge in [-0.25, -0.2) is 4.98 Å². The van der Waals surface area contributed by atoms with Gasteiger partial charge in [-0.1, -0.05) is 0 Å². The molecule has 1 fully saturated rings. The maximum Gasteiger partial charge on any atom is 0.274 e. The van der Waals surface area contributed by atoms with Crippen LogP contribution in [0.3, 0.4) is 0 Å². The predicted octanol–water partition coefficient (Wildman–Crippen LogP) is 1.18. The minimum Gasteiger partial charge on any atom is -0.378 e. The number of hydrogen-bond donors (Lipinski definition) is 0. The molecule has 0 N–H and O–H groups in total. The van der Waals surface area contributed by atoms with E-state index in [4.69, 9.17) is 4.74 Å². The molecule has 1 saturated heterocycles. The van der Waals surface area contributed by atoms with Crippen LogP contribution >= 0.6 is 11.3 Å². The summed E-state index contributed by atoms with van der Waals surface area (Å²) in [5.41, 5.74) is 0.526. The van der Waals surface area contributed by atoms with Crippen molar-refractivity contribution in [3.8, 4) is 0 Å². The first kappa shape index (κ1) is 10.7. The highest BCUT2D eigenvalue weighted by Crippen LogP contribution is 2.17. The molecule has 6 heteroatoms. The van der Waals surface area contributed by atoms with Crippen LogP contribution in [0, 0.1) is 6.92 Å². The molecule has 0 aromatic carbocycles. The predicted molar refractivity (Wildman–Crippen MR) is 64.5 cm³/mol. The highest BCUT2D eigenvalue weighted by Gasteiger charge is 2.21. The normalized spacial score (nSPS) is 16.6. The monoisotopic (exact) mass is 251 g/mol. The van der Waals surface area contributed by atoms with Gasteiger partial charge in [0.15, 0.2) is 4.96 Å². The molecule has 0 radical (unpaired) electrons. The van der Waals surface area contributed by atoms with Crippen molar-refractivity contribution in [3.63, 3.8) is 0 Å². The van der Waals surface area contributed by atoms with Crippen LogP contribution in [0.5, 0.6) is 0 Å². The smallest absolute Gasteiger partial charge is 0.274 e. The van der Waals surface area contributed by atoms with E-state index in [1.54, 1.807) is 22.4 Å². The van der Waals surface area contributed by atoms with E-state index in [1.807, 2.05) is 17.5 Å². The second kappa shape index (κ2) is 4.12. The van der Waals surface area contributed by atoms with Crippen molar-refractivity contribution < 1.29 is 9.53 Å². The lowest BCUT2D eigenvalue weighted by Crippen LogP contribution is -2.40. The van der Waals surface area contributed by atoms with Crippen LogP contribution in [0.1, 0.15) is 15.4 Å². The lowest BCUT2D eigenvalue weighted by Gasteiger charge is -2.25. The zero-order chi connectivity index (χ0) is 11.8. The number of carbonyl (C=O) groups excluding carboxylic acids is 1. The molecule has 0 saturated carbocycles. The number of rotatable bonds is 1. The number of fused-ring (bicyclic) bond motifs is 1. The lowest BCUT2D eigenvalue weighted by molar-refractivity contribution is 0.0299. The number of imidazole rings is 1. The number of amides is 1. The van der Waals surface area contributed by atoms with E-state index in [-0.39, 0.29) is 5.91 Å². The van der Waals surface area contributed by atoms with Gasteiger partial charge in [0, 0.05) is 30.4 Å². The van der Waals surface area contributed by atoms with Crippen molar-refractivity contribution in [1.82, 2.24) is 14.3 Å². The summed E-state index contributed by atoms with van der Waals surface area (Å²) in [6, 6.07) is 0. The zero-order valence-electron chi connectivity index (χ0n) is 9.55. The molecule has 3 rings (SSSR count). The van der Waals surface area contributed by atoms with Gasteiger partial charge in [-0.2, -0.15) is 0 Å². The number of aromatic nitrogens is 2. The van der Waals surface area contributed by atoms with Gasteiger partial charge >= 0.3 is 0 Å². The number of carbonyl (C=O) groups is 1. The Morgan fingerprint density at radius 2 is 2.18 bits per heavy atom. The van der Waals surface area contributed by atoms with Crippen molar-refractivity contribution in [2.75, 3.05) is 26.3 Å². The molecule has 90 valence electrons. The lowest BCUT2D eigenvalue weighted by atomic mass is 10.3. The molecule has 2 aromatic rings. The van der Waals surface area contributed by atoms with Crippen LogP contribution in [-0.4, -0.2) is 46.5 Å². The molecule has 0 aliphatic carbocycles. The highest BCUT2D eigenvalue weighted by atomic mass is 32.1. The maximum absolute atomic E-state index is 12.2. The number of ether oxygens (including phenoxy) is 1. The molecular weight excluding hydrogens is 238 g/mol. The summed E-state index contributed by atoms with van der Waals surface area (Å²) in [5, 5.41) is 0. The topological polar surface area (TPSA) is 46.8 Å². The Kier molecular flexibility index (Phi) is 2.60. The first-order valence-corrected chi connectivity index (χ1v) is 6.38. The van der Waals surface area contributed by atoms with Gasteiger partial charge in [-0.15, -0.1) is 11.3 Å². The largest absolute Gasteiger partial charge is 0.378 e. The van der Waals surface area contributed by atoms with Gasteiger partial charge in [0.1, 0.15) is 5.69 Å². The van der Waals surface area contributed by atoms with E-state index in [2.05, 4.69) is 4.98 Å². The minimum absolute atomic E-state index is 0.00172. The fourth-order valence-electron chi connectivity index (χ4n) is 1.94. The van der Waals surface area contributed by atoms with Crippen molar-refractivity contribution in [1.29, 1.82) is 0 Å². The molecule has 3 heterocycles. The fraction of sp³-hybridized carbons (Fsp3) is 0.455. The molecule has 1 amide bonds. The summed E-state index contributed by atoms with van der Waals surface area (Å²) < 4.78 is 7.14. The molecule has 1 aliphatic heterocycles. The van der Waals surface area contributed by atoms with E-state index in [0.717, 1.165) is 4.96 Å². The first-order chi connectivity index (χ1) is 8.24. The van der Waals surface area contributed by atoms with Crippen molar-refractivity contribution >= 4 is 22.2 Å². The Balaban J connectivity index is 1.86. The third kappa shape index (κ3) is 1.94. The quantitative estimate of drug-likeness (QED) is 0.764. The number of morpholine rings is 1. The minimum atomic E-state index is 0.00172. The van der Waals surface area contributed by atoms with Gasteiger partial charge in [0.2, 0.25) is 0 Å². The average Bonchev–Trinajstić information content (AvgIpc) is 2.86. The van der Waals surface area contributed by atoms with Crippen LogP contribution in [0.25, 0.3) is 4.96 Å². The van der Waals surface area contributed by atoms with E-state index < -0.39 is 0 Å². The molecule has 1 aliphatic rings. The summed E-state index contributed by atoms with van der Waals surface area (Å²) in [7, 11) is 0. The number of hydrogen-bond acceptors (Lipinski definition) is 4. The third-order valence-corrected chi connectivity index (χ3v) is 3.70. The van der Waals surface area contributed by atoms with Gasteiger partial charge in [-0.3, -0.25) is 9.20 Å². The Morgan fingerprint density at radius 1 is 1.41 bits per heavy atom. The van der Waals surface area contributed by atoms with Crippen LogP contribution in [-0.2, 0) is 4.74 Å². The van der Waals surface area contributed by atoms with Crippen molar-refractivity contribution in [3.05, 3.63) is 23.0 Å². The summed E-state index contributed by atoms with van der Waals surface area (Å²) >= 11 is 1.59. The fourth-order valence-corrected chi connectivity index (χ4v) is 2.75. The second-order valence-corrected chi connectivity index (χ2v) is 5.28. The van der Waals surface area contributed by atoms with E-state index in [0.29, 0.717) is 32.0 Å².